The summed E-state index contributed by atoms with van der Waals surface area (Å²) in [5.41, 5.74) is 2.77. The van der Waals surface area contributed by atoms with Crippen molar-refractivity contribution in [3.63, 3.8) is 0 Å². The minimum atomic E-state index is -5.55. The molecule has 242 valence electrons. The van der Waals surface area contributed by atoms with Gasteiger partial charge in [-0.1, -0.05) is 51.5 Å². The number of phenolic OH excluding ortho intramolecular Hbond substituents is 1. The molecular formula is C34H47F5O3S. The number of Topliss-reactive ketones (excluding diaryl/α,β-unsaturated/α-hetero) is 1. The normalized spacial score (nSPS) is 30.1. The Labute approximate surface area is 255 Å². The number of hydrogen-bond donors (Lipinski definition) is 1. The zero-order valence-electron chi connectivity index (χ0n) is 25.3. The van der Waals surface area contributed by atoms with E-state index in [1.807, 2.05) is 12.1 Å². The predicted octanol–water partition coefficient (Wildman–Crippen LogP) is 9.28. The lowest BCUT2D eigenvalue weighted by Crippen LogP contribution is -2.46. The number of halogens is 5. The Morgan fingerprint density at radius 1 is 0.907 bits per heavy atom. The summed E-state index contributed by atoms with van der Waals surface area (Å²) in [7, 11) is -1.36. The van der Waals surface area contributed by atoms with E-state index < -0.39 is 35.7 Å². The van der Waals surface area contributed by atoms with Crippen LogP contribution in [0.5, 0.6) is 5.75 Å². The minimum absolute atomic E-state index is 0.0448. The molecule has 4 aliphatic carbocycles. The number of ketones is 1. The highest BCUT2D eigenvalue weighted by molar-refractivity contribution is 7.84. The number of unbranched alkanes of at least 4 members (excludes halogenated alkanes) is 6. The van der Waals surface area contributed by atoms with Crippen LogP contribution in [0.15, 0.2) is 18.2 Å². The van der Waals surface area contributed by atoms with Gasteiger partial charge < -0.3 is 5.11 Å². The third-order valence-electron chi connectivity index (χ3n) is 11.8. The van der Waals surface area contributed by atoms with Crippen LogP contribution < -0.4 is 0 Å². The fourth-order valence-corrected chi connectivity index (χ4v) is 10.5. The van der Waals surface area contributed by atoms with Gasteiger partial charge in [-0.05, 0) is 104 Å². The highest BCUT2D eigenvalue weighted by Gasteiger charge is 2.71. The first kappa shape index (κ1) is 32.9. The summed E-state index contributed by atoms with van der Waals surface area (Å²) < 4.78 is 74.7. The van der Waals surface area contributed by atoms with Crippen molar-refractivity contribution in [3.8, 4) is 5.75 Å². The van der Waals surface area contributed by atoms with Crippen LogP contribution >= 0.6 is 0 Å². The zero-order chi connectivity index (χ0) is 31.0. The van der Waals surface area contributed by atoms with Gasteiger partial charge in [0.05, 0.1) is 0 Å². The predicted molar refractivity (Wildman–Crippen MR) is 159 cm³/mol. The van der Waals surface area contributed by atoms with Gasteiger partial charge in [0.25, 0.3) is 0 Å². The Balaban J connectivity index is 1.04. The topological polar surface area (TPSA) is 54.4 Å². The van der Waals surface area contributed by atoms with Crippen LogP contribution in [0.3, 0.4) is 0 Å². The van der Waals surface area contributed by atoms with Crippen molar-refractivity contribution >= 4 is 16.6 Å². The molecule has 1 aromatic rings. The minimum Gasteiger partial charge on any atom is -0.508 e. The largest absolute Gasteiger partial charge is 0.508 e. The van der Waals surface area contributed by atoms with Crippen LogP contribution in [0, 0.1) is 28.6 Å². The molecule has 0 radical (unpaired) electrons. The van der Waals surface area contributed by atoms with Crippen molar-refractivity contribution in [1.82, 2.24) is 0 Å². The Morgan fingerprint density at radius 2 is 1.56 bits per heavy atom. The molecule has 1 N–H and O–H groups in total. The maximum absolute atomic E-state index is 13.2. The number of benzene rings is 1. The fraction of sp³-hybridized carbons (Fsp3) is 0.794. The Kier molecular flexibility index (Phi) is 9.71. The SMILES string of the molecule is C[C@]12CCC3c4ccc(O)cc4CC(CCCCCCCCCS(=O)CCCC(F)(F)C(F)(F)F)C3C1CC(=O)C21CC1. The van der Waals surface area contributed by atoms with Gasteiger partial charge in [0.1, 0.15) is 11.5 Å². The van der Waals surface area contributed by atoms with Crippen molar-refractivity contribution < 1.29 is 36.1 Å². The third kappa shape index (κ3) is 6.58. The third-order valence-corrected chi connectivity index (χ3v) is 13.3. The number of fused-ring (bicyclic) bond motifs is 6. The molecule has 0 saturated heterocycles. The van der Waals surface area contributed by atoms with E-state index >= 15 is 0 Å². The molecule has 1 spiro atoms. The van der Waals surface area contributed by atoms with Crippen molar-refractivity contribution in [3.05, 3.63) is 29.3 Å². The van der Waals surface area contributed by atoms with Crippen LogP contribution in [0.4, 0.5) is 22.0 Å². The van der Waals surface area contributed by atoms with Gasteiger partial charge in [-0.15, -0.1) is 0 Å². The first-order valence-corrected chi connectivity index (χ1v) is 17.9. The van der Waals surface area contributed by atoms with E-state index in [0.29, 0.717) is 47.4 Å². The summed E-state index contributed by atoms with van der Waals surface area (Å²) in [6.45, 7) is 2.41. The Morgan fingerprint density at radius 3 is 2.23 bits per heavy atom. The Bertz CT molecular complexity index is 1180. The molecular weight excluding hydrogens is 583 g/mol. The molecule has 6 atom stereocenters. The van der Waals surface area contributed by atoms with Gasteiger partial charge in [-0.2, -0.15) is 22.0 Å². The number of carbonyl (C=O) groups excluding carboxylic acids is 1. The van der Waals surface area contributed by atoms with Gasteiger partial charge in [0, 0.05) is 40.6 Å². The molecule has 1 aromatic carbocycles. The van der Waals surface area contributed by atoms with E-state index in [4.69, 9.17) is 0 Å². The number of phenols is 1. The van der Waals surface area contributed by atoms with Gasteiger partial charge in [-0.25, -0.2) is 0 Å². The number of carbonyl (C=O) groups is 1. The monoisotopic (exact) mass is 630 g/mol. The molecule has 5 rings (SSSR count). The van der Waals surface area contributed by atoms with Crippen molar-refractivity contribution in [2.45, 2.75) is 128 Å². The maximum Gasteiger partial charge on any atom is 0.453 e. The average Bonchev–Trinajstić information content (AvgIpc) is 3.72. The van der Waals surface area contributed by atoms with Crippen molar-refractivity contribution in [1.29, 1.82) is 0 Å². The summed E-state index contributed by atoms with van der Waals surface area (Å²) in [6.07, 6.45) is 7.01. The van der Waals surface area contributed by atoms with E-state index in [1.54, 1.807) is 0 Å². The van der Waals surface area contributed by atoms with Crippen LogP contribution in [-0.4, -0.2) is 38.7 Å². The molecule has 4 aliphatic rings. The number of rotatable bonds is 14. The number of hydrogen-bond acceptors (Lipinski definition) is 3. The van der Waals surface area contributed by atoms with E-state index in [0.717, 1.165) is 83.5 Å². The van der Waals surface area contributed by atoms with E-state index in [-0.39, 0.29) is 16.6 Å². The second-order valence-corrected chi connectivity index (χ2v) is 15.9. The molecule has 0 aliphatic heterocycles. The van der Waals surface area contributed by atoms with Gasteiger partial charge in [-0.3, -0.25) is 9.00 Å². The summed E-state index contributed by atoms with van der Waals surface area (Å²) in [5.74, 6) is -1.65. The highest BCUT2D eigenvalue weighted by atomic mass is 32.2. The van der Waals surface area contributed by atoms with Crippen molar-refractivity contribution in [2.75, 3.05) is 11.5 Å². The Hall–Kier alpha value is -1.51. The zero-order valence-corrected chi connectivity index (χ0v) is 26.1. The summed E-state index contributed by atoms with van der Waals surface area (Å²) in [6, 6.07) is 5.91. The molecule has 43 heavy (non-hydrogen) atoms. The van der Waals surface area contributed by atoms with E-state index in [2.05, 4.69) is 13.0 Å². The molecule has 3 fully saturated rings. The molecule has 9 heteroatoms. The van der Waals surface area contributed by atoms with Crippen LogP contribution in [0.2, 0.25) is 0 Å². The lowest BCUT2D eigenvalue weighted by Gasteiger charge is -2.53. The summed E-state index contributed by atoms with van der Waals surface area (Å²) >= 11 is 0. The number of aromatic hydroxyl groups is 1. The summed E-state index contributed by atoms with van der Waals surface area (Å²) in [4.78, 5) is 13.2. The van der Waals surface area contributed by atoms with Crippen LogP contribution in [0.25, 0.3) is 0 Å². The van der Waals surface area contributed by atoms with E-state index in [9.17, 15) is 36.1 Å². The van der Waals surface area contributed by atoms with Crippen LogP contribution in [0.1, 0.15) is 120 Å². The molecule has 0 bridgehead atoms. The quantitative estimate of drug-likeness (QED) is 0.165. The molecule has 0 amide bonds. The molecule has 5 unspecified atom stereocenters. The van der Waals surface area contributed by atoms with Gasteiger partial charge >= 0.3 is 12.1 Å². The highest BCUT2D eigenvalue weighted by Crippen LogP contribution is 2.75. The second kappa shape index (κ2) is 12.7. The lowest BCUT2D eigenvalue weighted by molar-refractivity contribution is -0.284. The molecule has 3 saturated carbocycles. The first-order valence-electron chi connectivity index (χ1n) is 16.4. The molecule has 3 nitrogen and oxygen atoms in total. The smallest absolute Gasteiger partial charge is 0.453 e. The molecule has 0 heterocycles. The van der Waals surface area contributed by atoms with Crippen molar-refractivity contribution in [2.24, 2.45) is 28.6 Å². The fourth-order valence-electron chi connectivity index (χ4n) is 9.30. The standard InChI is InChI=1S/C34H47F5O3S/c1-31-15-13-27-26-12-11-25(40)21-24(26)20-23(30(27)28(31)22-29(41)32(31)16-17-32)10-7-5-3-2-4-6-8-18-43(42)19-9-14-33(35,36)34(37,38)39/h11-12,21,23,27-28,30,40H,2-10,13-20,22H2,1H3/t23?,27?,28?,30?,31-,43?/m0/s1. The van der Waals surface area contributed by atoms with Crippen LogP contribution in [-0.2, 0) is 22.0 Å². The second-order valence-electron chi connectivity index (χ2n) is 14.2. The lowest BCUT2D eigenvalue weighted by atomic mass is 9.50. The van der Waals surface area contributed by atoms with E-state index in [1.165, 1.54) is 11.1 Å². The van der Waals surface area contributed by atoms with Gasteiger partial charge in [0.2, 0.25) is 0 Å². The molecule has 0 aromatic heterocycles. The first-order chi connectivity index (χ1) is 20.3. The number of alkyl halides is 5. The average molecular weight is 631 g/mol. The van der Waals surface area contributed by atoms with Gasteiger partial charge in [0.15, 0.2) is 0 Å². The summed E-state index contributed by atoms with van der Waals surface area (Å²) in [5, 5.41) is 10.2. The maximum atomic E-state index is 13.2.